The smallest absolute Gasteiger partial charge is 0.238 e. The van der Waals surface area contributed by atoms with Gasteiger partial charge >= 0.3 is 0 Å². The lowest BCUT2D eigenvalue weighted by Crippen LogP contribution is -2.46. The number of carbonyl (C=O) groups excluding carboxylic acids is 2. The highest BCUT2D eigenvalue weighted by atomic mass is 79.9. The lowest BCUT2D eigenvalue weighted by molar-refractivity contribution is -0.123. The molecule has 1 fully saturated rings. The molecule has 0 spiro atoms. The molecular weight excluding hydrogens is 446 g/mol. The Balaban J connectivity index is 1.27. The number of halogens is 1. The molecule has 1 saturated heterocycles. The number of piperidine rings is 1. The molecule has 7 heteroatoms. The van der Waals surface area contributed by atoms with E-state index in [1.807, 2.05) is 54.6 Å². The molecule has 2 amide bonds. The molecule has 160 valence electrons. The number of para-hydroxylation sites is 1. The monoisotopic (exact) mass is 473 g/mol. The molecule has 0 aromatic heterocycles. The number of ether oxygens (including phenoxy) is 1. The standard InChI is InChI=1S/C23H28BrN3O3/c24-18-6-4-9-21(16-18)30-15-5-10-22(28)25-20-11-13-27(14-12-20)17-23(29)26-19-7-2-1-3-8-19/h1-4,6-9,16,20H,5,10-15,17H2,(H,25,28)(H,26,29). The minimum Gasteiger partial charge on any atom is -0.494 e. The van der Waals surface area contributed by atoms with Crippen LogP contribution in [0.2, 0.25) is 0 Å². The normalized spacial score (nSPS) is 14.8. The van der Waals surface area contributed by atoms with E-state index < -0.39 is 0 Å². The van der Waals surface area contributed by atoms with Gasteiger partial charge in [0, 0.05) is 35.7 Å². The van der Waals surface area contributed by atoms with Gasteiger partial charge in [0.05, 0.1) is 13.2 Å². The summed E-state index contributed by atoms with van der Waals surface area (Å²) in [7, 11) is 0. The summed E-state index contributed by atoms with van der Waals surface area (Å²) in [4.78, 5) is 26.5. The zero-order valence-corrected chi connectivity index (χ0v) is 18.6. The Bertz CT molecular complexity index is 823. The molecule has 0 bridgehead atoms. The number of nitrogens with one attached hydrogen (secondary N) is 2. The summed E-state index contributed by atoms with van der Waals surface area (Å²) in [5.41, 5.74) is 0.813. The largest absolute Gasteiger partial charge is 0.494 e. The van der Waals surface area contributed by atoms with Crippen molar-refractivity contribution in [3.63, 3.8) is 0 Å². The van der Waals surface area contributed by atoms with Crippen LogP contribution in [0.4, 0.5) is 5.69 Å². The third-order valence-electron chi connectivity index (χ3n) is 4.99. The molecule has 2 aromatic carbocycles. The predicted molar refractivity (Wildman–Crippen MR) is 122 cm³/mol. The van der Waals surface area contributed by atoms with Gasteiger partial charge < -0.3 is 15.4 Å². The van der Waals surface area contributed by atoms with Crippen molar-refractivity contribution in [2.75, 3.05) is 31.6 Å². The lowest BCUT2D eigenvalue weighted by atomic mass is 10.0. The van der Waals surface area contributed by atoms with Crippen LogP contribution in [0.1, 0.15) is 25.7 Å². The first-order valence-electron chi connectivity index (χ1n) is 10.3. The molecule has 1 aliphatic rings. The zero-order chi connectivity index (χ0) is 21.2. The van der Waals surface area contributed by atoms with E-state index in [9.17, 15) is 9.59 Å². The predicted octanol–water partition coefficient (Wildman–Crippen LogP) is 3.83. The summed E-state index contributed by atoms with van der Waals surface area (Å²) in [6, 6.07) is 17.3. The van der Waals surface area contributed by atoms with E-state index in [1.165, 1.54) is 0 Å². The average molecular weight is 474 g/mol. The zero-order valence-electron chi connectivity index (χ0n) is 17.0. The van der Waals surface area contributed by atoms with E-state index >= 15 is 0 Å². The molecule has 6 nitrogen and oxygen atoms in total. The van der Waals surface area contributed by atoms with Gasteiger partial charge in [-0.1, -0.05) is 40.2 Å². The number of hydrogen-bond acceptors (Lipinski definition) is 4. The molecule has 3 rings (SSSR count). The van der Waals surface area contributed by atoms with Gasteiger partial charge in [-0.3, -0.25) is 14.5 Å². The Labute approximate surface area is 186 Å². The van der Waals surface area contributed by atoms with Crippen LogP contribution >= 0.6 is 15.9 Å². The number of carbonyl (C=O) groups is 2. The number of likely N-dealkylation sites (tertiary alicyclic amines) is 1. The van der Waals surface area contributed by atoms with E-state index in [0.717, 1.165) is 41.8 Å². The van der Waals surface area contributed by atoms with Crippen molar-refractivity contribution in [3.05, 3.63) is 59.1 Å². The summed E-state index contributed by atoms with van der Waals surface area (Å²) >= 11 is 3.41. The number of anilines is 1. The van der Waals surface area contributed by atoms with Crippen LogP contribution in [0.5, 0.6) is 5.75 Å². The Morgan fingerprint density at radius 1 is 1.03 bits per heavy atom. The maximum Gasteiger partial charge on any atom is 0.238 e. The Morgan fingerprint density at radius 3 is 2.53 bits per heavy atom. The first kappa shape index (κ1) is 22.3. The molecule has 1 aliphatic heterocycles. The van der Waals surface area contributed by atoms with Crippen LogP contribution < -0.4 is 15.4 Å². The highest BCUT2D eigenvalue weighted by Crippen LogP contribution is 2.18. The summed E-state index contributed by atoms with van der Waals surface area (Å²) in [5.74, 6) is 0.857. The van der Waals surface area contributed by atoms with Crippen LogP contribution in [0.3, 0.4) is 0 Å². The minimum absolute atomic E-state index is 0.00543. The van der Waals surface area contributed by atoms with Gasteiger partial charge in [-0.2, -0.15) is 0 Å². The molecular formula is C23H28BrN3O3. The topological polar surface area (TPSA) is 70.7 Å². The molecule has 2 N–H and O–H groups in total. The van der Waals surface area contributed by atoms with E-state index in [0.29, 0.717) is 26.0 Å². The van der Waals surface area contributed by atoms with E-state index in [4.69, 9.17) is 4.74 Å². The SMILES string of the molecule is O=C(CN1CCC(NC(=O)CCCOc2cccc(Br)c2)CC1)Nc1ccccc1. The van der Waals surface area contributed by atoms with Crippen LogP contribution in [-0.2, 0) is 9.59 Å². The summed E-state index contributed by atoms with van der Waals surface area (Å²) in [6.07, 6.45) is 2.85. The van der Waals surface area contributed by atoms with Gasteiger partial charge in [-0.15, -0.1) is 0 Å². The third kappa shape index (κ3) is 7.80. The molecule has 2 aromatic rings. The second kappa shape index (κ2) is 11.7. The van der Waals surface area contributed by atoms with Gasteiger partial charge in [-0.05, 0) is 49.6 Å². The molecule has 0 saturated carbocycles. The summed E-state index contributed by atoms with van der Waals surface area (Å²) < 4.78 is 6.64. The van der Waals surface area contributed by atoms with Crippen molar-refractivity contribution in [2.45, 2.75) is 31.7 Å². The average Bonchev–Trinajstić information content (AvgIpc) is 2.73. The molecule has 0 radical (unpaired) electrons. The highest BCUT2D eigenvalue weighted by molar-refractivity contribution is 9.10. The van der Waals surface area contributed by atoms with E-state index in [2.05, 4.69) is 31.5 Å². The maximum atomic E-state index is 12.2. The molecule has 0 unspecified atom stereocenters. The van der Waals surface area contributed by atoms with Crippen LogP contribution in [-0.4, -0.2) is 49.0 Å². The Kier molecular flexibility index (Phi) is 8.71. The van der Waals surface area contributed by atoms with Gasteiger partial charge in [0.1, 0.15) is 5.75 Å². The number of nitrogens with zero attached hydrogens (tertiary/aromatic N) is 1. The second-order valence-electron chi connectivity index (χ2n) is 7.44. The quantitative estimate of drug-likeness (QED) is 0.542. The number of hydrogen-bond donors (Lipinski definition) is 2. The van der Waals surface area contributed by atoms with Gasteiger partial charge in [0.15, 0.2) is 0 Å². The summed E-state index contributed by atoms with van der Waals surface area (Å²) in [6.45, 7) is 2.50. The Morgan fingerprint density at radius 2 is 1.80 bits per heavy atom. The fourth-order valence-electron chi connectivity index (χ4n) is 3.44. The van der Waals surface area contributed by atoms with Gasteiger partial charge in [0.25, 0.3) is 0 Å². The second-order valence-corrected chi connectivity index (χ2v) is 8.36. The van der Waals surface area contributed by atoms with Gasteiger partial charge in [-0.25, -0.2) is 0 Å². The summed E-state index contributed by atoms with van der Waals surface area (Å²) in [5, 5.41) is 6.02. The number of rotatable bonds is 9. The molecule has 0 aliphatic carbocycles. The van der Waals surface area contributed by atoms with E-state index in [-0.39, 0.29) is 17.9 Å². The van der Waals surface area contributed by atoms with Crippen molar-refractivity contribution in [3.8, 4) is 5.75 Å². The highest BCUT2D eigenvalue weighted by Gasteiger charge is 2.22. The van der Waals surface area contributed by atoms with Crippen LogP contribution in [0.25, 0.3) is 0 Å². The maximum absolute atomic E-state index is 12.2. The minimum atomic E-state index is -0.00543. The van der Waals surface area contributed by atoms with Crippen LogP contribution in [0, 0.1) is 0 Å². The number of amides is 2. The first-order valence-corrected chi connectivity index (χ1v) is 11.1. The number of benzene rings is 2. The Hall–Kier alpha value is -2.38. The molecule has 1 heterocycles. The van der Waals surface area contributed by atoms with Crippen molar-refractivity contribution in [1.82, 2.24) is 10.2 Å². The van der Waals surface area contributed by atoms with Crippen molar-refractivity contribution < 1.29 is 14.3 Å². The first-order chi connectivity index (χ1) is 14.6. The van der Waals surface area contributed by atoms with Gasteiger partial charge in [0.2, 0.25) is 11.8 Å². The fourth-order valence-corrected chi connectivity index (χ4v) is 3.82. The lowest BCUT2D eigenvalue weighted by Gasteiger charge is -2.31. The third-order valence-corrected chi connectivity index (χ3v) is 5.48. The van der Waals surface area contributed by atoms with Crippen LogP contribution in [0.15, 0.2) is 59.1 Å². The molecule has 0 atom stereocenters. The van der Waals surface area contributed by atoms with Crippen molar-refractivity contribution >= 4 is 33.4 Å². The fraction of sp³-hybridized carbons (Fsp3) is 0.391. The van der Waals surface area contributed by atoms with E-state index in [1.54, 1.807) is 0 Å². The van der Waals surface area contributed by atoms with Crippen molar-refractivity contribution in [2.24, 2.45) is 0 Å². The molecule has 30 heavy (non-hydrogen) atoms. The van der Waals surface area contributed by atoms with Crippen molar-refractivity contribution in [1.29, 1.82) is 0 Å².